The maximum absolute atomic E-state index is 12.2. The Morgan fingerprint density at radius 3 is 2.43 bits per heavy atom. The Labute approximate surface area is 121 Å². The summed E-state index contributed by atoms with van der Waals surface area (Å²) in [6.07, 6.45) is 0.452. The quantitative estimate of drug-likeness (QED) is 0.801. The van der Waals surface area contributed by atoms with Crippen molar-refractivity contribution < 1.29 is 9.90 Å². The minimum absolute atomic E-state index is 0.0589. The Bertz CT molecular complexity index is 690. The van der Waals surface area contributed by atoms with Crippen LogP contribution in [-0.2, 0) is 18.9 Å². The predicted octanol–water partition coefficient (Wildman–Crippen LogP) is -0.584. The van der Waals surface area contributed by atoms with E-state index in [4.69, 9.17) is 0 Å². The van der Waals surface area contributed by atoms with E-state index in [9.17, 15) is 19.5 Å². The van der Waals surface area contributed by atoms with Crippen molar-refractivity contribution in [1.82, 2.24) is 14.3 Å². The highest BCUT2D eigenvalue weighted by Crippen LogP contribution is 2.38. The van der Waals surface area contributed by atoms with Crippen LogP contribution < -0.4 is 16.1 Å². The molecule has 1 aromatic rings. The monoisotopic (exact) mass is 296 g/mol. The molecule has 2 heterocycles. The second kappa shape index (κ2) is 5.01. The van der Waals surface area contributed by atoms with E-state index in [1.165, 1.54) is 14.1 Å². The number of carbonyl (C=O) groups is 1. The summed E-state index contributed by atoms with van der Waals surface area (Å²) in [6, 6.07) is 0. The smallest absolute Gasteiger partial charge is 0.346 e. The SMILES string of the molecule is CC(C)C1(C(=O)O)CCN(c2nn(C)c(=O)n(C)c2=O)C1. The molecule has 0 saturated carbocycles. The van der Waals surface area contributed by atoms with Gasteiger partial charge in [-0.15, -0.1) is 5.10 Å². The molecule has 1 aliphatic rings. The summed E-state index contributed by atoms with van der Waals surface area (Å²) >= 11 is 0. The predicted molar refractivity (Wildman–Crippen MR) is 76.5 cm³/mol. The number of anilines is 1. The molecule has 1 aromatic heterocycles. The van der Waals surface area contributed by atoms with Crippen molar-refractivity contribution in [3.8, 4) is 0 Å². The van der Waals surface area contributed by atoms with Gasteiger partial charge in [-0.1, -0.05) is 13.8 Å². The molecule has 0 aliphatic carbocycles. The zero-order chi connectivity index (χ0) is 15.9. The summed E-state index contributed by atoms with van der Waals surface area (Å²) in [6.45, 7) is 4.39. The number of aryl methyl sites for hydroxylation is 1. The van der Waals surface area contributed by atoms with E-state index < -0.39 is 22.6 Å². The second-order valence-electron chi connectivity index (χ2n) is 5.88. The van der Waals surface area contributed by atoms with Crippen LogP contribution in [0.3, 0.4) is 0 Å². The van der Waals surface area contributed by atoms with E-state index in [0.29, 0.717) is 13.0 Å². The van der Waals surface area contributed by atoms with E-state index in [0.717, 1.165) is 9.25 Å². The van der Waals surface area contributed by atoms with Gasteiger partial charge in [-0.25, -0.2) is 9.48 Å². The molecular formula is C13H20N4O4. The average molecular weight is 296 g/mol. The summed E-state index contributed by atoms with van der Waals surface area (Å²) in [5.41, 5.74) is -1.89. The van der Waals surface area contributed by atoms with Gasteiger partial charge in [0.05, 0.1) is 5.41 Å². The number of carboxylic acid groups (broad SMARTS) is 1. The fourth-order valence-electron chi connectivity index (χ4n) is 2.79. The summed E-state index contributed by atoms with van der Waals surface area (Å²) in [5, 5.41) is 13.5. The number of aromatic nitrogens is 3. The minimum Gasteiger partial charge on any atom is -0.481 e. The number of hydrogen-bond donors (Lipinski definition) is 1. The minimum atomic E-state index is -0.888. The number of carboxylic acids is 1. The first-order chi connectivity index (χ1) is 9.70. The lowest BCUT2D eigenvalue weighted by Gasteiger charge is -2.28. The Morgan fingerprint density at radius 1 is 1.33 bits per heavy atom. The lowest BCUT2D eigenvalue weighted by atomic mass is 9.76. The second-order valence-corrected chi connectivity index (χ2v) is 5.88. The molecule has 1 fully saturated rings. The van der Waals surface area contributed by atoms with E-state index in [2.05, 4.69) is 5.10 Å². The van der Waals surface area contributed by atoms with Crippen LogP contribution in [0.4, 0.5) is 5.82 Å². The van der Waals surface area contributed by atoms with Gasteiger partial charge >= 0.3 is 11.7 Å². The average Bonchev–Trinajstić information content (AvgIpc) is 2.87. The fourth-order valence-corrected chi connectivity index (χ4v) is 2.79. The zero-order valence-electron chi connectivity index (χ0n) is 12.7. The third kappa shape index (κ3) is 2.24. The van der Waals surface area contributed by atoms with Crippen molar-refractivity contribution in [3.05, 3.63) is 20.8 Å². The van der Waals surface area contributed by atoms with Gasteiger partial charge in [-0.3, -0.25) is 14.2 Å². The lowest BCUT2D eigenvalue weighted by molar-refractivity contribution is -0.150. The van der Waals surface area contributed by atoms with Gasteiger partial charge in [0.1, 0.15) is 0 Å². The molecule has 1 unspecified atom stereocenters. The molecule has 8 nitrogen and oxygen atoms in total. The molecule has 1 atom stereocenters. The van der Waals surface area contributed by atoms with Gasteiger partial charge in [0, 0.05) is 27.2 Å². The Morgan fingerprint density at radius 2 is 1.95 bits per heavy atom. The van der Waals surface area contributed by atoms with Crippen LogP contribution in [0.2, 0.25) is 0 Å². The van der Waals surface area contributed by atoms with Crippen LogP contribution >= 0.6 is 0 Å². The molecule has 0 bridgehead atoms. The summed E-state index contributed by atoms with van der Waals surface area (Å²) in [4.78, 5) is 37.1. The molecule has 1 aliphatic heterocycles. The third-order valence-corrected chi connectivity index (χ3v) is 4.44. The van der Waals surface area contributed by atoms with E-state index >= 15 is 0 Å². The Hall–Kier alpha value is -2.12. The normalized spacial score (nSPS) is 22.0. The number of hydrogen-bond acceptors (Lipinski definition) is 5. The van der Waals surface area contributed by atoms with Gasteiger partial charge in [-0.2, -0.15) is 0 Å². The molecule has 1 saturated heterocycles. The van der Waals surface area contributed by atoms with E-state index in [1.54, 1.807) is 4.90 Å². The summed E-state index contributed by atoms with van der Waals surface area (Å²) < 4.78 is 2.07. The van der Waals surface area contributed by atoms with Gasteiger partial charge in [0.15, 0.2) is 0 Å². The first-order valence-electron chi connectivity index (χ1n) is 6.83. The molecule has 0 aromatic carbocycles. The molecule has 0 amide bonds. The summed E-state index contributed by atoms with van der Waals surface area (Å²) in [5.74, 6) is -0.790. The Kier molecular flexibility index (Phi) is 3.65. The first-order valence-corrected chi connectivity index (χ1v) is 6.83. The third-order valence-electron chi connectivity index (χ3n) is 4.44. The van der Waals surface area contributed by atoms with Crippen LogP contribution in [0.5, 0.6) is 0 Å². The highest BCUT2D eigenvalue weighted by Gasteiger charge is 2.48. The molecule has 21 heavy (non-hydrogen) atoms. The van der Waals surface area contributed by atoms with Crippen LogP contribution in [-0.4, -0.2) is 38.5 Å². The highest BCUT2D eigenvalue weighted by molar-refractivity contribution is 5.77. The molecule has 1 N–H and O–H groups in total. The molecule has 116 valence electrons. The maximum atomic E-state index is 12.2. The van der Waals surface area contributed by atoms with Crippen LogP contribution in [0.1, 0.15) is 20.3 Å². The van der Waals surface area contributed by atoms with Crippen molar-refractivity contribution in [2.24, 2.45) is 25.4 Å². The summed E-state index contributed by atoms with van der Waals surface area (Å²) in [7, 11) is 2.85. The molecule has 8 heteroatoms. The van der Waals surface area contributed by atoms with Crippen LogP contribution in [0, 0.1) is 11.3 Å². The van der Waals surface area contributed by atoms with Crippen LogP contribution in [0.25, 0.3) is 0 Å². The van der Waals surface area contributed by atoms with Crippen molar-refractivity contribution in [2.45, 2.75) is 20.3 Å². The van der Waals surface area contributed by atoms with E-state index in [-0.39, 0.29) is 18.3 Å². The molecule has 0 spiro atoms. The van der Waals surface area contributed by atoms with Crippen LogP contribution in [0.15, 0.2) is 9.59 Å². The number of nitrogens with zero attached hydrogens (tertiary/aromatic N) is 4. The Balaban J connectivity index is 2.46. The molecular weight excluding hydrogens is 276 g/mol. The standard InChI is InChI=1S/C13H20N4O4/c1-8(2)13(11(19)20)5-6-17(7-13)9-10(18)15(3)12(21)16(4)14-9/h8H,5-7H2,1-4H3,(H,19,20). The molecule has 2 rings (SSSR count). The zero-order valence-corrected chi connectivity index (χ0v) is 12.7. The van der Waals surface area contributed by atoms with Gasteiger partial charge < -0.3 is 10.0 Å². The maximum Gasteiger partial charge on any atom is 0.346 e. The first kappa shape index (κ1) is 15.3. The largest absolute Gasteiger partial charge is 0.481 e. The fraction of sp³-hybridized carbons (Fsp3) is 0.692. The van der Waals surface area contributed by atoms with Gasteiger partial charge in [0.2, 0.25) is 5.82 Å². The molecule has 0 radical (unpaired) electrons. The van der Waals surface area contributed by atoms with Crippen molar-refractivity contribution in [2.75, 3.05) is 18.0 Å². The lowest BCUT2D eigenvalue weighted by Crippen LogP contribution is -2.44. The topological polar surface area (TPSA) is 97.4 Å². The van der Waals surface area contributed by atoms with Crippen molar-refractivity contribution in [1.29, 1.82) is 0 Å². The number of aliphatic carboxylic acids is 1. The highest BCUT2D eigenvalue weighted by atomic mass is 16.4. The van der Waals surface area contributed by atoms with E-state index in [1.807, 2.05) is 13.8 Å². The van der Waals surface area contributed by atoms with Gasteiger partial charge in [-0.05, 0) is 12.3 Å². The van der Waals surface area contributed by atoms with Crippen molar-refractivity contribution in [3.63, 3.8) is 0 Å². The number of rotatable bonds is 3. The van der Waals surface area contributed by atoms with Crippen molar-refractivity contribution >= 4 is 11.8 Å². The van der Waals surface area contributed by atoms with Gasteiger partial charge in [0.25, 0.3) is 5.56 Å².